The van der Waals surface area contributed by atoms with Gasteiger partial charge in [0.05, 0.1) is 42.6 Å². The summed E-state index contributed by atoms with van der Waals surface area (Å²) in [6.07, 6.45) is 5.66. The topological polar surface area (TPSA) is 89.8 Å². The molecular weight excluding hydrogens is 427 g/mol. The van der Waals surface area contributed by atoms with E-state index in [4.69, 9.17) is 4.74 Å². The highest BCUT2D eigenvalue weighted by atomic mass is 19.1. The van der Waals surface area contributed by atoms with E-state index in [1.54, 1.807) is 12.1 Å². The highest BCUT2D eigenvalue weighted by Gasteiger charge is 2.39. The van der Waals surface area contributed by atoms with Gasteiger partial charge in [-0.05, 0) is 43.9 Å². The van der Waals surface area contributed by atoms with E-state index in [1.807, 2.05) is 0 Å². The van der Waals surface area contributed by atoms with Crippen molar-refractivity contribution in [1.82, 2.24) is 10.3 Å². The van der Waals surface area contributed by atoms with Crippen LogP contribution in [0.3, 0.4) is 0 Å². The monoisotopic (exact) mass is 458 g/mol. The number of carbonyl (C=O) groups excluding carboxylic acids is 2. The van der Waals surface area contributed by atoms with Crippen molar-refractivity contribution in [2.75, 3.05) is 36.0 Å². The lowest BCUT2D eigenvalue weighted by Crippen LogP contribution is -2.48. The van der Waals surface area contributed by atoms with Crippen LogP contribution < -0.4 is 15.1 Å². The summed E-state index contributed by atoms with van der Waals surface area (Å²) in [6.45, 7) is 3.44. The number of hydrogen-bond donors (Lipinski definition) is 1. The van der Waals surface area contributed by atoms with Crippen molar-refractivity contribution in [1.29, 1.82) is 0 Å². The van der Waals surface area contributed by atoms with Gasteiger partial charge in [0.25, 0.3) is 0 Å². The van der Waals surface area contributed by atoms with Gasteiger partial charge in [0.2, 0.25) is 5.91 Å². The third-order valence-corrected chi connectivity index (χ3v) is 7.21. The smallest absolute Gasteiger partial charge is 0.414 e. The van der Waals surface area contributed by atoms with Crippen LogP contribution in [0.25, 0.3) is 0 Å². The Morgan fingerprint density at radius 1 is 1.21 bits per heavy atom. The van der Waals surface area contributed by atoms with Crippen molar-refractivity contribution in [2.45, 2.75) is 69.7 Å². The number of rotatable bonds is 5. The van der Waals surface area contributed by atoms with Gasteiger partial charge in [0, 0.05) is 20.0 Å². The van der Waals surface area contributed by atoms with Crippen LogP contribution in [-0.2, 0) is 9.53 Å². The van der Waals surface area contributed by atoms with Crippen LogP contribution in [0.5, 0.6) is 0 Å². The van der Waals surface area contributed by atoms with E-state index in [0.717, 1.165) is 32.4 Å². The maximum atomic E-state index is 15.1. The first kappa shape index (κ1) is 21.9. The van der Waals surface area contributed by atoms with Crippen molar-refractivity contribution < 1.29 is 18.7 Å². The first-order valence-corrected chi connectivity index (χ1v) is 12.0. The molecule has 3 fully saturated rings. The maximum Gasteiger partial charge on any atom is 0.414 e. The summed E-state index contributed by atoms with van der Waals surface area (Å²) in [4.78, 5) is 26.8. The van der Waals surface area contributed by atoms with E-state index in [0.29, 0.717) is 29.5 Å². The minimum atomic E-state index is -0.529. The number of cyclic esters (lactones) is 1. The number of nitrogens with zero attached hydrogens (tertiary/aromatic N) is 5. The van der Waals surface area contributed by atoms with E-state index in [2.05, 4.69) is 25.6 Å². The van der Waals surface area contributed by atoms with Gasteiger partial charge in [-0.1, -0.05) is 18.1 Å². The second-order valence-electron chi connectivity index (χ2n) is 9.41. The fourth-order valence-corrected chi connectivity index (χ4v) is 5.46. The number of benzene rings is 1. The molecular formula is C23H31FN6O3. The molecule has 4 aliphatic rings. The predicted octanol–water partition coefficient (Wildman–Crippen LogP) is 3.25. The Kier molecular flexibility index (Phi) is 6.07. The van der Waals surface area contributed by atoms with Gasteiger partial charge >= 0.3 is 6.09 Å². The van der Waals surface area contributed by atoms with Crippen LogP contribution >= 0.6 is 0 Å². The van der Waals surface area contributed by atoms with Crippen molar-refractivity contribution in [2.24, 2.45) is 10.3 Å². The molecule has 2 saturated heterocycles. The Balaban J connectivity index is 1.19. The Labute approximate surface area is 192 Å². The molecule has 0 radical (unpaired) electrons. The van der Waals surface area contributed by atoms with Crippen LogP contribution in [-0.4, -0.2) is 67.4 Å². The molecule has 10 heteroatoms. The molecule has 0 spiro atoms. The molecule has 178 valence electrons. The molecule has 3 aliphatic heterocycles. The van der Waals surface area contributed by atoms with E-state index < -0.39 is 12.2 Å². The molecule has 1 aromatic rings. The minimum absolute atomic E-state index is 0.185. The van der Waals surface area contributed by atoms with E-state index in [9.17, 15) is 9.59 Å². The summed E-state index contributed by atoms with van der Waals surface area (Å²) in [5.41, 5.74) is 1.01. The molecule has 0 aromatic heterocycles. The van der Waals surface area contributed by atoms with Gasteiger partial charge in [-0.2, -0.15) is 5.11 Å². The third-order valence-electron chi connectivity index (χ3n) is 7.21. The molecule has 3 atom stereocenters. The number of piperidine rings is 1. The Morgan fingerprint density at radius 2 is 2.00 bits per heavy atom. The number of anilines is 2. The van der Waals surface area contributed by atoms with Gasteiger partial charge in [0.15, 0.2) is 0 Å². The zero-order chi connectivity index (χ0) is 22.9. The molecule has 1 aliphatic carbocycles. The van der Waals surface area contributed by atoms with Gasteiger partial charge in [-0.3, -0.25) is 14.7 Å². The Bertz CT molecular complexity index is 935. The molecule has 1 unspecified atom stereocenters. The van der Waals surface area contributed by atoms with Crippen LogP contribution in [0.15, 0.2) is 28.5 Å². The van der Waals surface area contributed by atoms with E-state index in [1.165, 1.54) is 37.2 Å². The first-order valence-electron chi connectivity index (χ1n) is 12.0. The fourth-order valence-electron chi connectivity index (χ4n) is 5.46. The lowest BCUT2D eigenvalue weighted by atomic mass is 9.89. The molecule has 0 bridgehead atoms. The molecule has 5 rings (SSSR count). The van der Waals surface area contributed by atoms with Crippen molar-refractivity contribution >= 4 is 23.4 Å². The number of ether oxygens (including phenoxy) is 1. The molecule has 1 aromatic carbocycles. The zero-order valence-electron chi connectivity index (χ0n) is 19.0. The summed E-state index contributed by atoms with van der Waals surface area (Å²) >= 11 is 0. The fraction of sp³-hybridized carbons (Fsp3) is 0.652. The highest BCUT2D eigenvalue weighted by Crippen LogP contribution is 2.36. The summed E-state index contributed by atoms with van der Waals surface area (Å²) in [5, 5.41) is 13.9. The minimum Gasteiger partial charge on any atom is -0.442 e. The van der Waals surface area contributed by atoms with Crippen molar-refractivity contribution in [3.8, 4) is 0 Å². The SMILES string of the molecule is CC(=O)NC[C@H]1CN(c2ccc(N3CCC(N4N=N[C@@H]5CCCCC54)CC3)c(F)c2)C(=O)O1. The van der Waals surface area contributed by atoms with Crippen molar-refractivity contribution in [3.63, 3.8) is 0 Å². The van der Waals surface area contributed by atoms with Crippen LogP contribution in [0, 0.1) is 5.82 Å². The summed E-state index contributed by atoms with van der Waals surface area (Å²) in [7, 11) is 0. The van der Waals surface area contributed by atoms with Gasteiger partial charge in [-0.15, -0.1) is 0 Å². The lowest BCUT2D eigenvalue weighted by molar-refractivity contribution is -0.119. The van der Waals surface area contributed by atoms with Gasteiger partial charge in [0.1, 0.15) is 11.9 Å². The highest BCUT2D eigenvalue weighted by molar-refractivity contribution is 5.90. The molecule has 9 nitrogen and oxygen atoms in total. The zero-order valence-corrected chi connectivity index (χ0v) is 19.0. The van der Waals surface area contributed by atoms with Crippen molar-refractivity contribution in [3.05, 3.63) is 24.0 Å². The summed E-state index contributed by atoms with van der Waals surface area (Å²) < 4.78 is 20.3. The Morgan fingerprint density at radius 3 is 2.76 bits per heavy atom. The lowest BCUT2D eigenvalue weighted by Gasteiger charge is -2.40. The molecule has 33 heavy (non-hydrogen) atoms. The molecule has 1 N–H and O–H groups in total. The number of halogens is 1. The second-order valence-corrected chi connectivity index (χ2v) is 9.41. The number of hydrogen-bond acceptors (Lipinski definition) is 7. The first-order chi connectivity index (χ1) is 16.0. The largest absolute Gasteiger partial charge is 0.442 e. The molecule has 3 heterocycles. The average molecular weight is 459 g/mol. The van der Waals surface area contributed by atoms with Crippen LogP contribution in [0.2, 0.25) is 0 Å². The van der Waals surface area contributed by atoms with Gasteiger partial charge < -0.3 is 15.0 Å². The normalized spacial score (nSPS) is 27.6. The third kappa shape index (κ3) is 4.47. The number of amides is 2. The number of nitrogens with one attached hydrogen (secondary N) is 1. The quantitative estimate of drug-likeness (QED) is 0.732. The van der Waals surface area contributed by atoms with Crippen LogP contribution in [0.4, 0.5) is 20.6 Å². The number of fused-ring (bicyclic) bond motifs is 1. The van der Waals surface area contributed by atoms with E-state index in [-0.39, 0.29) is 24.8 Å². The number of carbonyl (C=O) groups is 2. The van der Waals surface area contributed by atoms with Crippen LogP contribution in [0.1, 0.15) is 45.4 Å². The molecule has 2 amide bonds. The average Bonchev–Trinajstić information content (AvgIpc) is 3.41. The predicted molar refractivity (Wildman–Crippen MR) is 121 cm³/mol. The maximum absolute atomic E-state index is 15.1. The summed E-state index contributed by atoms with van der Waals surface area (Å²) in [6, 6.07) is 6.06. The Hall–Kier alpha value is -2.91. The summed E-state index contributed by atoms with van der Waals surface area (Å²) in [5.74, 6) is -0.535. The second kappa shape index (κ2) is 9.15. The molecule has 1 saturated carbocycles. The van der Waals surface area contributed by atoms with Gasteiger partial charge in [-0.25, -0.2) is 9.18 Å². The van der Waals surface area contributed by atoms with E-state index >= 15 is 4.39 Å². The standard InChI is InChI=1S/C23H31FN6O3/c1-15(31)25-13-18-14-29(23(32)33-18)17-6-7-21(19(24)12-17)28-10-8-16(9-11-28)30-22-5-3-2-4-20(22)26-27-30/h6-7,12,16,18,20,22H,2-5,8-11,13-14H2,1H3,(H,25,31)/t18-,20+,22?/m0/s1.